The van der Waals surface area contributed by atoms with E-state index < -0.39 is 12.0 Å². The second kappa shape index (κ2) is 6.10. The van der Waals surface area contributed by atoms with Crippen molar-refractivity contribution in [2.75, 3.05) is 7.11 Å². The number of carbonyl (C=O) groups excluding carboxylic acids is 1. The van der Waals surface area contributed by atoms with Gasteiger partial charge in [-0.05, 0) is 31.3 Å². The lowest BCUT2D eigenvalue weighted by molar-refractivity contribution is -0.144. The van der Waals surface area contributed by atoms with Crippen LogP contribution in [0.2, 0.25) is 0 Å². The van der Waals surface area contributed by atoms with Crippen molar-refractivity contribution in [1.82, 2.24) is 4.57 Å². The number of ether oxygens (including phenoxy) is 1. The summed E-state index contributed by atoms with van der Waals surface area (Å²) in [4.78, 5) is 16.6. The minimum absolute atomic E-state index is 0.0387. The van der Waals surface area contributed by atoms with Crippen LogP contribution in [0.25, 0.3) is 11.6 Å². The number of methoxy groups -OCH3 is 1. The molecule has 0 bridgehead atoms. The number of allylic oxidation sites excluding steroid dienone is 1. The number of thiazole rings is 1. The van der Waals surface area contributed by atoms with Gasteiger partial charge in [-0.25, -0.2) is 4.79 Å². The lowest BCUT2D eigenvalue weighted by Gasteiger charge is -2.11. The van der Waals surface area contributed by atoms with Crippen LogP contribution in [-0.2, 0) is 9.53 Å². The maximum absolute atomic E-state index is 11.7. The Balaban J connectivity index is 2.04. The number of hydrogen-bond donors (Lipinski definition) is 1. The van der Waals surface area contributed by atoms with Gasteiger partial charge in [0, 0.05) is 17.4 Å². The quantitative estimate of drug-likeness (QED) is 0.674. The molecule has 5 nitrogen and oxygen atoms in total. The molecule has 1 atom stereocenters. The topological polar surface area (TPSA) is 63.8 Å². The molecule has 0 aliphatic carbocycles. The van der Waals surface area contributed by atoms with Crippen LogP contribution in [0, 0.1) is 3.95 Å². The van der Waals surface area contributed by atoms with E-state index >= 15 is 0 Å². The zero-order valence-electron chi connectivity index (χ0n) is 12.5. The average molecular weight is 346 g/mol. The van der Waals surface area contributed by atoms with Crippen LogP contribution in [0.1, 0.15) is 23.4 Å². The summed E-state index contributed by atoms with van der Waals surface area (Å²) in [7, 11) is 1.31. The number of nitrogens with zero attached hydrogens (tertiary/aromatic N) is 2. The minimum Gasteiger partial charge on any atom is -0.493 e. The van der Waals surface area contributed by atoms with Crippen LogP contribution < -0.4 is 0 Å². The first-order valence-corrected chi connectivity index (χ1v) is 8.12. The highest BCUT2D eigenvalue weighted by molar-refractivity contribution is 7.73. The van der Waals surface area contributed by atoms with E-state index in [4.69, 9.17) is 17.0 Å². The second-order valence-corrected chi connectivity index (χ2v) is 6.68. The van der Waals surface area contributed by atoms with Gasteiger partial charge in [0.15, 0.2) is 3.95 Å². The fourth-order valence-corrected chi connectivity index (χ4v) is 3.82. The van der Waals surface area contributed by atoms with Crippen molar-refractivity contribution in [3.63, 3.8) is 0 Å². The number of fused-ring (bicyclic) bond motifs is 1. The Morgan fingerprint density at radius 3 is 2.96 bits per heavy atom. The predicted octanol–water partition coefficient (Wildman–Crippen LogP) is 3.98. The number of benzene rings is 1. The third kappa shape index (κ3) is 2.73. The molecule has 0 spiro atoms. The van der Waals surface area contributed by atoms with Crippen molar-refractivity contribution in [1.29, 1.82) is 0 Å². The number of rotatable bonds is 3. The highest BCUT2D eigenvalue weighted by Gasteiger charge is 2.22. The van der Waals surface area contributed by atoms with Crippen LogP contribution in [0.4, 0.5) is 5.69 Å². The van der Waals surface area contributed by atoms with Crippen LogP contribution in [0.5, 0.6) is 5.88 Å². The third-order valence-electron chi connectivity index (χ3n) is 3.62. The van der Waals surface area contributed by atoms with Gasteiger partial charge < -0.3 is 9.84 Å². The first-order valence-electron chi connectivity index (χ1n) is 6.90. The SMILES string of the molecule is COC(=O)[C@@H](C)n1c(O)c(C=C2C=Nc3ccccc32)sc1=S. The van der Waals surface area contributed by atoms with Crippen molar-refractivity contribution in [2.24, 2.45) is 4.99 Å². The molecule has 0 saturated heterocycles. The Kier molecular flexibility index (Phi) is 4.14. The van der Waals surface area contributed by atoms with E-state index in [-0.39, 0.29) is 5.88 Å². The second-order valence-electron chi connectivity index (χ2n) is 5.00. The first kappa shape index (κ1) is 15.6. The number of aliphatic imine (C=N–C) groups is 1. The van der Waals surface area contributed by atoms with Gasteiger partial charge in [-0.1, -0.05) is 18.2 Å². The van der Waals surface area contributed by atoms with Crippen LogP contribution in [-0.4, -0.2) is 29.0 Å². The largest absolute Gasteiger partial charge is 0.493 e. The van der Waals surface area contributed by atoms with Crippen molar-refractivity contribution < 1.29 is 14.6 Å². The zero-order chi connectivity index (χ0) is 16.6. The van der Waals surface area contributed by atoms with Gasteiger partial charge in [0.2, 0.25) is 5.88 Å². The summed E-state index contributed by atoms with van der Waals surface area (Å²) in [6.07, 6.45) is 3.58. The lowest BCUT2D eigenvalue weighted by atomic mass is 10.1. The van der Waals surface area contributed by atoms with Crippen molar-refractivity contribution in [3.05, 3.63) is 38.7 Å². The monoisotopic (exact) mass is 346 g/mol. The number of carbonyl (C=O) groups is 1. The number of aromatic hydroxyl groups is 1. The maximum atomic E-state index is 11.7. The molecule has 1 N–H and O–H groups in total. The van der Waals surface area contributed by atoms with E-state index in [9.17, 15) is 9.90 Å². The smallest absolute Gasteiger partial charge is 0.328 e. The average Bonchev–Trinajstić information content (AvgIpc) is 3.08. The Morgan fingerprint density at radius 2 is 2.22 bits per heavy atom. The summed E-state index contributed by atoms with van der Waals surface area (Å²) in [6.45, 7) is 1.64. The van der Waals surface area contributed by atoms with Gasteiger partial charge in [-0.15, -0.1) is 11.3 Å². The van der Waals surface area contributed by atoms with E-state index in [1.165, 1.54) is 23.0 Å². The van der Waals surface area contributed by atoms with Gasteiger partial charge in [-0.2, -0.15) is 0 Å². The van der Waals surface area contributed by atoms with Gasteiger partial charge in [0.05, 0.1) is 17.7 Å². The number of aromatic nitrogens is 1. The van der Waals surface area contributed by atoms with Crippen LogP contribution >= 0.6 is 23.6 Å². The number of hydrogen-bond acceptors (Lipinski definition) is 6. The maximum Gasteiger partial charge on any atom is 0.328 e. The third-order valence-corrected chi connectivity index (χ3v) is 4.95. The molecular weight excluding hydrogens is 332 g/mol. The molecule has 1 aliphatic heterocycles. The minimum atomic E-state index is -0.680. The molecule has 1 aliphatic rings. The molecule has 2 heterocycles. The molecule has 0 unspecified atom stereocenters. The molecule has 1 aromatic heterocycles. The van der Waals surface area contributed by atoms with E-state index in [2.05, 4.69) is 4.99 Å². The summed E-state index contributed by atoms with van der Waals surface area (Å²) in [5.74, 6) is -0.496. The molecule has 2 aromatic rings. The number of para-hydroxylation sites is 1. The van der Waals surface area contributed by atoms with Gasteiger partial charge in [0.1, 0.15) is 6.04 Å². The standard InChI is InChI=1S/C16H14N2O3S2/c1-9(15(20)21-2)18-14(19)13(23-16(18)22)7-10-8-17-12-6-4-3-5-11(10)12/h3-9,19H,1-2H3/t9-/m1/s1. The molecule has 0 radical (unpaired) electrons. The normalized spacial score (nSPS) is 15.7. The number of esters is 1. The molecule has 3 rings (SSSR count). The molecule has 0 fully saturated rings. The summed E-state index contributed by atoms with van der Waals surface area (Å²) < 4.78 is 6.53. The van der Waals surface area contributed by atoms with Crippen LogP contribution in [0.3, 0.4) is 0 Å². The Labute approximate surface area is 142 Å². The van der Waals surface area contributed by atoms with Crippen molar-refractivity contribution >= 4 is 53.1 Å². The Hall–Kier alpha value is -2.25. The fraction of sp³-hybridized carbons (Fsp3) is 0.188. The lowest BCUT2D eigenvalue weighted by Crippen LogP contribution is -2.17. The van der Waals surface area contributed by atoms with Gasteiger partial charge in [-0.3, -0.25) is 9.56 Å². The van der Waals surface area contributed by atoms with E-state index in [1.807, 2.05) is 30.3 Å². The van der Waals surface area contributed by atoms with Crippen molar-refractivity contribution in [2.45, 2.75) is 13.0 Å². The summed E-state index contributed by atoms with van der Waals surface area (Å²) in [5.41, 5.74) is 2.79. The van der Waals surface area contributed by atoms with Gasteiger partial charge >= 0.3 is 5.97 Å². The van der Waals surface area contributed by atoms with E-state index in [0.29, 0.717) is 8.83 Å². The highest BCUT2D eigenvalue weighted by atomic mass is 32.1. The highest BCUT2D eigenvalue weighted by Crippen LogP contribution is 2.36. The zero-order valence-corrected chi connectivity index (χ0v) is 14.1. The molecular formula is C16H14N2O3S2. The Bertz CT molecular complexity index is 893. The summed E-state index contributed by atoms with van der Waals surface area (Å²) in [5, 5.41) is 10.4. The molecule has 1 aromatic carbocycles. The van der Waals surface area contributed by atoms with Crippen LogP contribution in [0.15, 0.2) is 29.3 Å². The summed E-state index contributed by atoms with van der Waals surface area (Å²) >= 11 is 6.51. The van der Waals surface area contributed by atoms with Gasteiger partial charge in [0.25, 0.3) is 0 Å². The molecule has 23 heavy (non-hydrogen) atoms. The predicted molar refractivity (Wildman–Crippen MR) is 94.0 cm³/mol. The fourth-order valence-electron chi connectivity index (χ4n) is 2.40. The molecule has 118 valence electrons. The molecule has 0 saturated carbocycles. The first-order chi connectivity index (χ1) is 11.0. The summed E-state index contributed by atoms with van der Waals surface area (Å²) in [6, 6.07) is 7.08. The van der Waals surface area contributed by atoms with E-state index in [1.54, 1.807) is 13.1 Å². The molecule has 7 heteroatoms. The van der Waals surface area contributed by atoms with E-state index in [0.717, 1.165) is 16.8 Å². The molecule has 0 amide bonds. The van der Waals surface area contributed by atoms with Crippen molar-refractivity contribution in [3.8, 4) is 5.88 Å². The Morgan fingerprint density at radius 1 is 1.48 bits per heavy atom.